The topological polar surface area (TPSA) is 44.4 Å². The van der Waals surface area contributed by atoms with Crippen molar-refractivity contribution >= 4 is 30.7 Å². The van der Waals surface area contributed by atoms with Gasteiger partial charge < -0.3 is 10.2 Å². The summed E-state index contributed by atoms with van der Waals surface area (Å²) in [6.45, 7) is 4.54. The van der Waals surface area contributed by atoms with E-state index in [4.69, 9.17) is 0 Å². The fourth-order valence-corrected chi connectivity index (χ4v) is 2.66. The lowest BCUT2D eigenvalue weighted by Crippen LogP contribution is -2.51. The molecule has 0 aliphatic carbocycles. The van der Waals surface area contributed by atoms with Gasteiger partial charge >= 0.3 is 0 Å². The molecule has 1 amide bonds. The summed E-state index contributed by atoms with van der Waals surface area (Å²) in [4.78, 5) is 14.1. The van der Waals surface area contributed by atoms with Gasteiger partial charge in [-0.15, -0.1) is 24.8 Å². The van der Waals surface area contributed by atoms with Crippen LogP contribution in [0.1, 0.15) is 26.2 Å². The predicted molar refractivity (Wildman–Crippen MR) is 79.1 cm³/mol. The summed E-state index contributed by atoms with van der Waals surface area (Å²) >= 11 is 0. The largest absolute Gasteiger partial charge is 0.351 e. The Morgan fingerprint density at radius 2 is 2.15 bits per heavy atom. The number of likely N-dealkylation sites (tertiary alicyclic amines) is 1. The Bertz CT molecular complexity index is 321. The molecule has 2 atom stereocenters. The van der Waals surface area contributed by atoms with Gasteiger partial charge in [-0.1, -0.05) is 6.92 Å². The molecule has 20 heavy (non-hydrogen) atoms. The summed E-state index contributed by atoms with van der Waals surface area (Å²) in [7, 11) is 0. The average molecular weight is 334 g/mol. The number of hydrogen-bond acceptors (Lipinski definition) is 3. The molecule has 4 nitrogen and oxygen atoms in total. The minimum Gasteiger partial charge on any atom is -0.351 e. The molecule has 0 bridgehead atoms. The van der Waals surface area contributed by atoms with Crippen molar-refractivity contribution in [3.63, 3.8) is 0 Å². The van der Waals surface area contributed by atoms with Crippen molar-refractivity contribution in [1.82, 2.24) is 15.5 Å². The van der Waals surface area contributed by atoms with Crippen molar-refractivity contribution in [2.24, 2.45) is 0 Å². The van der Waals surface area contributed by atoms with Crippen LogP contribution in [0.2, 0.25) is 0 Å². The highest BCUT2D eigenvalue weighted by molar-refractivity contribution is 5.85. The van der Waals surface area contributed by atoms with Crippen LogP contribution in [-0.4, -0.2) is 55.0 Å². The van der Waals surface area contributed by atoms with E-state index < -0.39 is 18.5 Å². The van der Waals surface area contributed by atoms with E-state index in [1.165, 1.54) is 0 Å². The van der Waals surface area contributed by atoms with Crippen molar-refractivity contribution in [2.45, 2.75) is 44.2 Å². The first-order valence-corrected chi connectivity index (χ1v) is 6.64. The lowest BCUT2D eigenvalue weighted by atomic mass is 10.0. The first-order chi connectivity index (χ1) is 8.50. The first-order valence-electron chi connectivity index (χ1n) is 6.64. The molecule has 2 fully saturated rings. The van der Waals surface area contributed by atoms with Gasteiger partial charge in [-0.2, -0.15) is 0 Å². The summed E-state index contributed by atoms with van der Waals surface area (Å²) in [5.74, 6) is -3.03. The Hall–Kier alpha value is -0.170. The van der Waals surface area contributed by atoms with Crippen LogP contribution in [0.3, 0.4) is 0 Å². The number of nitrogens with zero attached hydrogens (tertiary/aromatic N) is 1. The van der Waals surface area contributed by atoms with E-state index in [9.17, 15) is 13.6 Å². The molecule has 8 heteroatoms. The molecule has 0 aromatic heterocycles. The Morgan fingerprint density at radius 1 is 1.45 bits per heavy atom. The second-order valence-electron chi connectivity index (χ2n) is 5.23. The van der Waals surface area contributed by atoms with Crippen LogP contribution >= 0.6 is 24.8 Å². The van der Waals surface area contributed by atoms with Gasteiger partial charge in [0.2, 0.25) is 5.91 Å². The van der Waals surface area contributed by atoms with Crippen molar-refractivity contribution in [3.8, 4) is 0 Å². The fraction of sp³-hybridized carbons (Fsp3) is 0.917. The van der Waals surface area contributed by atoms with Crippen molar-refractivity contribution in [2.75, 3.05) is 26.2 Å². The number of likely N-dealkylation sites (N-methyl/N-ethyl adjacent to an activating group) is 1. The van der Waals surface area contributed by atoms with Crippen LogP contribution in [0.15, 0.2) is 0 Å². The molecule has 2 rings (SSSR count). The standard InChI is InChI=1S/C12H21F2N3O.2ClH/c1-2-17-5-3-4-9(7-17)16-11(18)10-6-12(13,14)8-15-10;;/h9-10,15H,2-8H2,1H3,(H,16,18);2*1H. The molecule has 2 aliphatic heterocycles. The van der Waals surface area contributed by atoms with Gasteiger partial charge in [-0.05, 0) is 25.9 Å². The number of alkyl halides is 2. The molecule has 120 valence electrons. The molecule has 0 saturated carbocycles. The van der Waals surface area contributed by atoms with Crippen LogP contribution in [0.25, 0.3) is 0 Å². The number of nitrogens with one attached hydrogen (secondary N) is 2. The highest BCUT2D eigenvalue weighted by Crippen LogP contribution is 2.25. The van der Waals surface area contributed by atoms with E-state index in [1.54, 1.807) is 0 Å². The molecule has 2 heterocycles. The number of carbonyl (C=O) groups excluding carboxylic acids is 1. The lowest BCUT2D eigenvalue weighted by molar-refractivity contribution is -0.124. The van der Waals surface area contributed by atoms with Crippen LogP contribution in [0.5, 0.6) is 0 Å². The van der Waals surface area contributed by atoms with Crippen LogP contribution < -0.4 is 10.6 Å². The molecule has 0 spiro atoms. The maximum atomic E-state index is 13.0. The number of rotatable bonds is 3. The molecular weight excluding hydrogens is 311 g/mol. The fourth-order valence-electron chi connectivity index (χ4n) is 2.66. The molecule has 0 aromatic rings. The third-order valence-electron chi connectivity index (χ3n) is 3.73. The molecular formula is C12H23Cl2F2N3O. The third kappa shape index (κ3) is 5.31. The van der Waals surface area contributed by atoms with Crippen molar-refractivity contribution < 1.29 is 13.6 Å². The first kappa shape index (κ1) is 19.8. The molecule has 2 saturated heterocycles. The molecule has 2 aliphatic rings. The highest BCUT2D eigenvalue weighted by atomic mass is 35.5. The third-order valence-corrected chi connectivity index (χ3v) is 3.73. The van der Waals surface area contributed by atoms with Gasteiger partial charge in [-0.3, -0.25) is 10.1 Å². The Kier molecular flexibility index (Phi) is 8.25. The summed E-state index contributed by atoms with van der Waals surface area (Å²) in [6.07, 6.45) is 1.60. The quantitative estimate of drug-likeness (QED) is 0.821. The number of hydrogen-bond donors (Lipinski definition) is 2. The second-order valence-corrected chi connectivity index (χ2v) is 5.23. The zero-order valence-electron chi connectivity index (χ0n) is 11.5. The SMILES string of the molecule is CCN1CCCC(NC(=O)C2CC(F)(F)CN2)C1.Cl.Cl. The van der Waals surface area contributed by atoms with Gasteiger partial charge in [-0.25, -0.2) is 8.78 Å². The Morgan fingerprint density at radius 3 is 2.70 bits per heavy atom. The van der Waals surface area contributed by atoms with Gasteiger partial charge in [0.1, 0.15) is 0 Å². The zero-order chi connectivity index (χ0) is 13.2. The second kappa shape index (κ2) is 8.32. The van der Waals surface area contributed by atoms with E-state index in [0.717, 1.165) is 32.5 Å². The van der Waals surface area contributed by atoms with Crippen LogP contribution in [0.4, 0.5) is 8.78 Å². The maximum Gasteiger partial charge on any atom is 0.262 e. The van der Waals surface area contributed by atoms with E-state index in [1.807, 2.05) is 0 Å². The number of amides is 1. The minimum absolute atomic E-state index is 0. The van der Waals surface area contributed by atoms with Gasteiger partial charge in [0.25, 0.3) is 5.92 Å². The van der Waals surface area contributed by atoms with Crippen molar-refractivity contribution in [1.29, 1.82) is 0 Å². The molecule has 2 unspecified atom stereocenters. The van der Waals surface area contributed by atoms with Crippen LogP contribution in [-0.2, 0) is 4.79 Å². The zero-order valence-corrected chi connectivity index (χ0v) is 13.2. The van der Waals surface area contributed by atoms with Crippen molar-refractivity contribution in [3.05, 3.63) is 0 Å². The number of piperidine rings is 1. The van der Waals surface area contributed by atoms with Gasteiger partial charge in [0.15, 0.2) is 0 Å². The average Bonchev–Trinajstić information content (AvgIpc) is 2.70. The summed E-state index contributed by atoms with van der Waals surface area (Å²) in [6, 6.07) is -0.640. The summed E-state index contributed by atoms with van der Waals surface area (Å²) < 4.78 is 26.0. The van der Waals surface area contributed by atoms with Gasteiger partial charge in [0, 0.05) is 19.0 Å². The highest BCUT2D eigenvalue weighted by Gasteiger charge is 2.42. The van der Waals surface area contributed by atoms with E-state index >= 15 is 0 Å². The molecule has 0 aromatic carbocycles. The molecule has 2 N–H and O–H groups in total. The molecule has 0 radical (unpaired) electrons. The minimum atomic E-state index is -2.75. The Labute approximate surface area is 130 Å². The van der Waals surface area contributed by atoms with E-state index in [0.29, 0.717) is 0 Å². The summed E-state index contributed by atoms with van der Waals surface area (Å²) in [5, 5.41) is 5.47. The monoisotopic (exact) mass is 333 g/mol. The normalized spacial score (nSPS) is 29.1. The Balaban J connectivity index is 0.00000180. The summed E-state index contributed by atoms with van der Waals surface area (Å²) in [5.41, 5.74) is 0. The smallest absolute Gasteiger partial charge is 0.262 e. The van der Waals surface area contributed by atoms with E-state index in [2.05, 4.69) is 22.5 Å². The van der Waals surface area contributed by atoms with Gasteiger partial charge in [0.05, 0.1) is 12.6 Å². The van der Waals surface area contributed by atoms with E-state index in [-0.39, 0.29) is 43.2 Å². The predicted octanol–water partition coefficient (Wildman–Crippen LogP) is 1.43. The van der Waals surface area contributed by atoms with Crippen LogP contribution in [0, 0.1) is 0 Å². The number of halogens is 4. The number of carbonyl (C=O) groups is 1. The maximum absolute atomic E-state index is 13.0. The lowest BCUT2D eigenvalue weighted by Gasteiger charge is -2.32.